The molecule has 36 nitrogen and oxygen atoms in total. The average Bonchev–Trinajstić information content (AvgIpc) is 1.65. The number of hydrogen-bond acceptors (Lipinski definition) is 28. The normalized spacial score (nSPS) is 20.8. The van der Waals surface area contributed by atoms with E-state index in [1.165, 1.54) is 26.0 Å². The second-order valence-electron chi connectivity index (χ2n) is 26.7. The number of azide groups is 1. The molecule has 4 aliphatic heterocycles. The van der Waals surface area contributed by atoms with E-state index in [0.717, 1.165) is 14.2 Å². The number of rotatable bonds is 41. The number of hydrogen-bond donors (Lipinski definition) is 7. The summed E-state index contributed by atoms with van der Waals surface area (Å²) in [5.41, 5.74) is 6.98. The molecular weight excluding hydrogens is 1360 g/mol. The summed E-state index contributed by atoms with van der Waals surface area (Å²) < 4.78 is 64.8. The minimum Gasteiger partial charge on any atom is -0.479 e. The van der Waals surface area contributed by atoms with E-state index in [2.05, 4.69) is 58.8 Å². The fourth-order valence-electron chi connectivity index (χ4n) is 10.9. The number of cyclic esters (lactones) is 4. The first kappa shape index (κ1) is 85.5. The lowest BCUT2D eigenvalue weighted by atomic mass is 9.87. The van der Waals surface area contributed by atoms with Gasteiger partial charge in [0.2, 0.25) is 29.2 Å². The highest BCUT2D eigenvalue weighted by atomic mass is 16.8. The van der Waals surface area contributed by atoms with Gasteiger partial charge in [-0.15, -0.1) is 0 Å². The Hall–Kier alpha value is -9.89. The molecule has 0 aromatic heterocycles. The minimum absolute atomic E-state index is 0.00873. The summed E-state index contributed by atoms with van der Waals surface area (Å²) in [7, 11) is 2.25. The average molecular weight is 1460 g/mol. The fourth-order valence-corrected chi connectivity index (χ4v) is 10.9. The van der Waals surface area contributed by atoms with E-state index >= 15 is 0 Å². The number of ketones is 2. The van der Waals surface area contributed by atoms with Crippen LogP contribution in [0.3, 0.4) is 0 Å². The Labute approximate surface area is 597 Å². The van der Waals surface area contributed by atoms with Crippen molar-refractivity contribution in [2.24, 2.45) is 16.0 Å². The molecule has 0 unspecified atom stereocenters. The van der Waals surface area contributed by atoms with Gasteiger partial charge in [0.05, 0.1) is 38.4 Å². The Morgan fingerprint density at radius 3 is 1.73 bits per heavy atom. The van der Waals surface area contributed by atoms with Crippen LogP contribution >= 0.6 is 0 Å². The second kappa shape index (κ2) is 43.2. The second-order valence-corrected chi connectivity index (χ2v) is 26.7. The van der Waals surface area contributed by atoms with Gasteiger partial charge in [0.15, 0.2) is 36.3 Å². The predicted octanol–water partition coefficient (Wildman–Crippen LogP) is 6.45. The summed E-state index contributed by atoms with van der Waals surface area (Å²) in [4.78, 5) is 174. The number of carbonyl (C=O) groups is 13. The van der Waals surface area contributed by atoms with Crippen LogP contribution in [0.15, 0.2) is 46.2 Å². The Morgan fingerprint density at radius 1 is 0.621 bits per heavy atom. The quantitative estimate of drug-likeness (QED) is 0.00505. The Kier molecular flexibility index (Phi) is 35.8. The smallest absolute Gasteiger partial charge is 0.479 e. The number of carbonyl (C=O) groups excluding carboxylic acids is 13. The van der Waals surface area contributed by atoms with Crippen LogP contribution in [-0.4, -0.2) is 203 Å². The number of methoxy groups -OCH3 is 2. The van der Waals surface area contributed by atoms with Crippen LogP contribution in [-0.2, 0) is 95.2 Å². The van der Waals surface area contributed by atoms with Crippen molar-refractivity contribution in [3.63, 3.8) is 0 Å². The number of amides is 6. The lowest BCUT2D eigenvalue weighted by Crippen LogP contribution is -2.64. The number of Topliss-reactive ketones (excluding diaryl/α,β-unsaturated/α-hetero) is 2. The Balaban J connectivity index is 1.20. The summed E-state index contributed by atoms with van der Waals surface area (Å²) in [5.74, 6) is -5.73. The van der Waals surface area contributed by atoms with Crippen LogP contribution in [0.1, 0.15) is 178 Å². The monoisotopic (exact) mass is 1460 g/mol. The van der Waals surface area contributed by atoms with Crippen molar-refractivity contribution in [1.29, 1.82) is 0 Å². The molecule has 36 heteroatoms. The Bertz CT molecular complexity index is 3140. The van der Waals surface area contributed by atoms with Gasteiger partial charge < -0.3 is 83.4 Å². The van der Waals surface area contributed by atoms with E-state index in [0.29, 0.717) is 70.8 Å². The molecule has 4 aliphatic rings. The molecule has 0 bridgehead atoms. The lowest BCUT2D eigenvalue weighted by molar-refractivity contribution is -0.171. The maximum absolute atomic E-state index is 13.5. The largest absolute Gasteiger partial charge is 0.508 e. The van der Waals surface area contributed by atoms with Crippen LogP contribution in [0.2, 0.25) is 0 Å². The van der Waals surface area contributed by atoms with Gasteiger partial charge in [-0.2, -0.15) is 0 Å². The minimum atomic E-state index is -1.52. The first-order chi connectivity index (χ1) is 48.7. The third-order valence-electron chi connectivity index (χ3n) is 15.8. The summed E-state index contributed by atoms with van der Waals surface area (Å²) >= 11 is 0. The van der Waals surface area contributed by atoms with Crippen LogP contribution in [0, 0.1) is 5.92 Å². The SMILES string of the molecule is C=C(NC(=O)OC(C)(C)C)N[C@H]1C=C(C(=O)OC)O[C@@H]([C@H](OC(=O)NCCCCCCCC(=O)CC[C@@H](NC(=O)CCCN=[N+]=[N-])C(=O)CCC(=O)NCCCCCCCC(=O)O[C@@H]([C@@H]2OC(C(=O)OC)=C[C@H](N=C(C)NC(=O)OC(C)(C)C)[C@H]2C)[C@H]2COC(=O)O2)[C@H]2COC(=O)O2)[C@@H]1NC(C)=O. The summed E-state index contributed by atoms with van der Waals surface area (Å²) in [5, 5.41) is 22.1. The van der Waals surface area contributed by atoms with Gasteiger partial charge in [-0.3, -0.25) is 44.4 Å². The van der Waals surface area contributed by atoms with Crippen LogP contribution in [0.25, 0.3) is 10.4 Å². The third kappa shape index (κ3) is 32.3. The van der Waals surface area contributed by atoms with Crippen molar-refractivity contribution in [1.82, 2.24) is 37.2 Å². The number of amidine groups is 1. The molecule has 0 aliphatic carbocycles. The standard InChI is InChI=1S/C67H101N11O25/c1-38-44(72-39(2)74-62(88)102-66(5,6)7)34-47(59(85)92-11)96-55(38)56(49-36-94-64(90)98-49)100-53(84)26-20-16-14-17-21-31-69-51(82)30-29-46(81)43(77-52(83)25-23-33-71-78-68)28-27-42(80)24-19-15-13-18-22-32-70-61(87)101-57(50-37-95-65(91)99-50)58-54(76-41(4)79)45(35-48(97-58)60(86)93-12)73-40(3)75-63(89)103-67(8,9)10/h34-35,38,43-45,49-50,54-58,73H,3,13-33,36-37H2,1-2,4-12H3,(H,69,82)(H,70,87)(H,75,89)(H,76,79)(H,77,83)(H,72,74,88)/t38-,43-,44+,45+,49-,50-,54-,55-,56-,57-,58-/m1/s1. The Morgan fingerprint density at radius 2 is 1.17 bits per heavy atom. The first-order valence-electron chi connectivity index (χ1n) is 34.3. The zero-order valence-corrected chi connectivity index (χ0v) is 60.5. The van der Waals surface area contributed by atoms with Gasteiger partial charge in [-0.05, 0) is 105 Å². The van der Waals surface area contributed by atoms with E-state index in [1.807, 2.05) is 0 Å². The molecule has 7 N–H and O–H groups in total. The topological polar surface area (TPSA) is 478 Å². The highest BCUT2D eigenvalue weighted by Gasteiger charge is 2.51. The number of unbranched alkanes of at least 4 members (excludes halogenated alkanes) is 8. The van der Waals surface area contributed by atoms with E-state index in [-0.39, 0.29) is 100 Å². The van der Waals surface area contributed by atoms with Gasteiger partial charge in [0.25, 0.3) is 0 Å². The van der Waals surface area contributed by atoms with Gasteiger partial charge in [-0.1, -0.05) is 57.1 Å². The van der Waals surface area contributed by atoms with Crippen molar-refractivity contribution in [3.8, 4) is 0 Å². The summed E-state index contributed by atoms with van der Waals surface area (Å²) in [6.45, 7) is 18.1. The van der Waals surface area contributed by atoms with Gasteiger partial charge >= 0.3 is 48.5 Å². The van der Waals surface area contributed by atoms with Crippen molar-refractivity contribution < 1.29 is 119 Å². The molecule has 0 saturated carbocycles. The van der Waals surface area contributed by atoms with E-state index in [1.54, 1.807) is 48.5 Å². The molecule has 0 aromatic carbocycles. The molecule has 11 atom stereocenters. The molecule has 6 amide bonds. The zero-order chi connectivity index (χ0) is 76.4. The van der Waals surface area contributed by atoms with Crippen LogP contribution < -0.4 is 37.2 Å². The van der Waals surface area contributed by atoms with Gasteiger partial charge in [0.1, 0.15) is 48.0 Å². The molecule has 574 valence electrons. The van der Waals surface area contributed by atoms with Crippen molar-refractivity contribution in [2.75, 3.05) is 47.1 Å². The van der Waals surface area contributed by atoms with E-state index < -0.39 is 157 Å². The molecule has 2 fully saturated rings. The van der Waals surface area contributed by atoms with Crippen LogP contribution in [0.4, 0.5) is 24.0 Å². The molecule has 103 heavy (non-hydrogen) atoms. The molecule has 4 heterocycles. The van der Waals surface area contributed by atoms with Crippen molar-refractivity contribution in [3.05, 3.63) is 46.5 Å². The van der Waals surface area contributed by atoms with E-state index in [4.69, 9.17) is 62.4 Å². The van der Waals surface area contributed by atoms with Gasteiger partial charge in [-0.25, -0.2) is 33.6 Å². The van der Waals surface area contributed by atoms with Crippen molar-refractivity contribution in [2.45, 2.75) is 250 Å². The number of nitrogens with zero attached hydrogens (tertiary/aromatic N) is 4. The maximum Gasteiger partial charge on any atom is 0.508 e. The fraction of sp³-hybridized carbons (Fsp3) is 0.701. The highest BCUT2D eigenvalue weighted by molar-refractivity contribution is 5.94. The van der Waals surface area contributed by atoms with Crippen molar-refractivity contribution >= 4 is 83.6 Å². The first-order valence-corrected chi connectivity index (χ1v) is 34.3. The number of esters is 3. The molecule has 0 radical (unpaired) electrons. The number of alkyl carbamates (subject to hydrolysis) is 3. The number of ether oxygens (including phenoxy) is 12. The zero-order valence-electron chi connectivity index (χ0n) is 60.5. The third-order valence-corrected chi connectivity index (χ3v) is 15.8. The molecule has 0 aromatic rings. The number of nitrogens with one attached hydrogen (secondary N) is 7. The van der Waals surface area contributed by atoms with Crippen LogP contribution in [0.5, 0.6) is 0 Å². The maximum atomic E-state index is 13.5. The highest BCUT2D eigenvalue weighted by Crippen LogP contribution is 2.34. The predicted molar refractivity (Wildman–Crippen MR) is 361 cm³/mol. The molecule has 0 spiro atoms. The molecule has 4 rings (SSSR count). The lowest BCUT2D eigenvalue weighted by Gasteiger charge is -2.41. The summed E-state index contributed by atoms with van der Waals surface area (Å²) in [6.07, 6.45) is -4.00. The van der Waals surface area contributed by atoms with Gasteiger partial charge in [0, 0.05) is 75.9 Å². The summed E-state index contributed by atoms with van der Waals surface area (Å²) in [6, 6.07) is -4.17. The molecule has 2 saturated heterocycles. The van der Waals surface area contributed by atoms with E-state index in [9.17, 15) is 62.3 Å². The molecular formula is C67H101N11O25. The number of aliphatic imine (C=N–C) groups is 1.